The Hall–Kier alpha value is -4.08. The summed E-state index contributed by atoms with van der Waals surface area (Å²) < 4.78 is 24.0. The molecule has 9 heteroatoms. The third-order valence-corrected chi connectivity index (χ3v) is 6.24. The summed E-state index contributed by atoms with van der Waals surface area (Å²) in [4.78, 5) is 9.53. The normalized spacial score (nSPS) is 14.7. The first-order chi connectivity index (χ1) is 17.8. The van der Waals surface area contributed by atoms with Crippen LogP contribution < -0.4 is 15.4 Å². The molecule has 182 valence electrons. The molecule has 1 saturated heterocycles. The maximum Gasteiger partial charge on any atom is 0.167 e. The Bertz CT molecular complexity index is 1480. The van der Waals surface area contributed by atoms with Crippen LogP contribution in [0.3, 0.4) is 0 Å². The van der Waals surface area contributed by atoms with E-state index >= 15 is 0 Å². The number of fused-ring (bicyclic) bond motifs is 2. The Morgan fingerprint density at radius 3 is 2.47 bits per heavy atom. The topological polar surface area (TPSA) is 81.8 Å². The van der Waals surface area contributed by atoms with Gasteiger partial charge in [-0.25, -0.2) is 19.0 Å². The van der Waals surface area contributed by atoms with E-state index < -0.39 is 0 Å². The van der Waals surface area contributed by atoms with Gasteiger partial charge in [-0.15, -0.1) is 0 Å². The van der Waals surface area contributed by atoms with Gasteiger partial charge in [-0.3, -0.25) is 4.57 Å². The fourth-order valence-electron chi connectivity index (χ4n) is 4.44. The summed E-state index contributed by atoms with van der Waals surface area (Å²) in [6.45, 7) is 5.23. The minimum Gasteiger partial charge on any atom is -0.493 e. The molecule has 8 nitrogen and oxygen atoms in total. The van der Waals surface area contributed by atoms with Crippen molar-refractivity contribution in [3.05, 3.63) is 84.4 Å². The maximum atomic E-state index is 14.7. The van der Waals surface area contributed by atoms with Gasteiger partial charge in [-0.05, 0) is 42.0 Å². The first kappa shape index (κ1) is 22.4. The van der Waals surface area contributed by atoms with E-state index in [1.165, 1.54) is 11.6 Å². The van der Waals surface area contributed by atoms with Crippen molar-refractivity contribution in [2.24, 2.45) is 0 Å². The molecule has 3 aromatic heterocycles. The number of nitrogens with one attached hydrogen (secondary N) is 2. The highest BCUT2D eigenvalue weighted by molar-refractivity contribution is 5.81. The molecule has 0 radical (unpaired) electrons. The zero-order valence-corrected chi connectivity index (χ0v) is 19.7. The molecule has 0 spiro atoms. The van der Waals surface area contributed by atoms with Crippen molar-refractivity contribution >= 4 is 11.2 Å². The number of rotatable bonds is 3. The van der Waals surface area contributed by atoms with Crippen LogP contribution in [0.4, 0.5) is 4.39 Å². The Morgan fingerprint density at radius 2 is 1.72 bits per heavy atom. The van der Waals surface area contributed by atoms with Crippen molar-refractivity contribution in [3.8, 4) is 28.6 Å². The van der Waals surface area contributed by atoms with Gasteiger partial charge in [0.05, 0.1) is 17.9 Å². The summed E-state index contributed by atoms with van der Waals surface area (Å²) in [5.41, 5.74) is 3.70. The van der Waals surface area contributed by atoms with Crippen LogP contribution in [-0.2, 0) is 6.42 Å². The predicted molar refractivity (Wildman–Crippen MR) is 136 cm³/mol. The molecule has 0 amide bonds. The Balaban J connectivity index is 0.000000353. The molecule has 0 atom stereocenters. The van der Waals surface area contributed by atoms with E-state index in [1.54, 1.807) is 29.1 Å². The summed E-state index contributed by atoms with van der Waals surface area (Å²) in [6, 6.07) is 18.2. The van der Waals surface area contributed by atoms with Gasteiger partial charge >= 0.3 is 0 Å². The smallest absolute Gasteiger partial charge is 0.167 e. The number of imidazole rings is 1. The van der Waals surface area contributed by atoms with Crippen molar-refractivity contribution in [3.63, 3.8) is 0 Å². The lowest BCUT2D eigenvalue weighted by Gasteiger charge is -2.11. The average molecular weight is 484 g/mol. The number of piperazine rings is 1. The van der Waals surface area contributed by atoms with Gasteiger partial charge in [0.1, 0.15) is 22.9 Å². The zero-order valence-electron chi connectivity index (χ0n) is 19.7. The first-order valence-electron chi connectivity index (χ1n) is 12.1. The van der Waals surface area contributed by atoms with Crippen molar-refractivity contribution in [2.45, 2.75) is 6.42 Å². The Morgan fingerprint density at radius 1 is 0.889 bits per heavy atom. The van der Waals surface area contributed by atoms with E-state index in [0.717, 1.165) is 44.0 Å². The summed E-state index contributed by atoms with van der Waals surface area (Å²) in [5.74, 6) is 1.66. The second-order valence-electron chi connectivity index (χ2n) is 8.60. The molecule has 2 aromatic carbocycles. The van der Waals surface area contributed by atoms with E-state index in [1.807, 2.05) is 47.2 Å². The molecule has 2 N–H and O–H groups in total. The molecule has 5 heterocycles. The van der Waals surface area contributed by atoms with E-state index in [2.05, 4.69) is 15.7 Å². The maximum absolute atomic E-state index is 14.7. The summed E-state index contributed by atoms with van der Waals surface area (Å²) in [7, 11) is 0. The van der Waals surface area contributed by atoms with Crippen LogP contribution in [0, 0.1) is 5.82 Å². The average Bonchev–Trinajstić information content (AvgIpc) is 3.69. The molecule has 0 bridgehead atoms. The highest BCUT2D eigenvalue weighted by Crippen LogP contribution is 2.33. The van der Waals surface area contributed by atoms with Crippen LogP contribution in [0.5, 0.6) is 5.75 Å². The van der Waals surface area contributed by atoms with Gasteiger partial charge in [0, 0.05) is 51.1 Å². The third-order valence-electron chi connectivity index (χ3n) is 6.24. The highest BCUT2D eigenvalue weighted by Gasteiger charge is 2.21. The third kappa shape index (κ3) is 4.34. The van der Waals surface area contributed by atoms with E-state index in [4.69, 9.17) is 14.7 Å². The zero-order chi connectivity index (χ0) is 24.3. The van der Waals surface area contributed by atoms with Gasteiger partial charge in [0.25, 0.3) is 0 Å². The predicted octanol–water partition coefficient (Wildman–Crippen LogP) is 3.53. The van der Waals surface area contributed by atoms with Gasteiger partial charge < -0.3 is 15.4 Å². The van der Waals surface area contributed by atoms with Crippen LogP contribution in [0.2, 0.25) is 0 Å². The number of benzene rings is 2. The quantitative estimate of drug-likeness (QED) is 0.409. The standard InChI is InChI=1S/C23H16FN5O.C4H10N2/c24-18-5-2-1-4-17(18)22-26-19-8-9-21(28-12-3-11-25-28)27-23(19)29(22)16-7-6-15-10-13-30-20(15)14-16;1-2-6-4-3-5-1/h1-9,11-12,14H,10,13H2;5-6H,1-4H2. The summed E-state index contributed by atoms with van der Waals surface area (Å²) in [6.07, 6.45) is 4.42. The van der Waals surface area contributed by atoms with Crippen molar-refractivity contribution in [2.75, 3.05) is 32.8 Å². The first-order valence-corrected chi connectivity index (χ1v) is 12.1. The van der Waals surface area contributed by atoms with Gasteiger partial charge in [0.15, 0.2) is 11.5 Å². The molecule has 7 rings (SSSR count). The van der Waals surface area contributed by atoms with Crippen molar-refractivity contribution in [1.29, 1.82) is 0 Å². The monoisotopic (exact) mass is 483 g/mol. The lowest BCUT2D eigenvalue weighted by atomic mass is 10.1. The minimum absolute atomic E-state index is 0.334. The number of pyridine rings is 1. The lowest BCUT2D eigenvalue weighted by molar-refractivity contribution is 0.356. The molecular formula is C27H26FN7O. The van der Waals surface area contributed by atoms with Crippen LogP contribution in [0.1, 0.15) is 5.56 Å². The largest absolute Gasteiger partial charge is 0.493 e. The number of ether oxygens (including phenoxy) is 1. The molecule has 36 heavy (non-hydrogen) atoms. The molecule has 0 saturated carbocycles. The minimum atomic E-state index is -0.334. The van der Waals surface area contributed by atoms with E-state index in [9.17, 15) is 4.39 Å². The molecule has 5 aromatic rings. The van der Waals surface area contributed by atoms with E-state index in [0.29, 0.717) is 35.0 Å². The Labute approximate surface area is 207 Å². The summed E-state index contributed by atoms with van der Waals surface area (Å²) in [5, 5.41) is 10.7. The van der Waals surface area contributed by atoms with Crippen LogP contribution in [-0.4, -0.2) is 57.1 Å². The fraction of sp³-hybridized carbons (Fsp3) is 0.222. The number of halogens is 1. The molecule has 0 unspecified atom stereocenters. The number of hydrogen-bond donors (Lipinski definition) is 2. The van der Waals surface area contributed by atoms with Crippen molar-refractivity contribution < 1.29 is 9.13 Å². The number of nitrogens with zero attached hydrogens (tertiary/aromatic N) is 5. The van der Waals surface area contributed by atoms with Crippen LogP contribution >= 0.6 is 0 Å². The van der Waals surface area contributed by atoms with Crippen molar-refractivity contribution in [1.82, 2.24) is 34.9 Å². The molecule has 2 aliphatic heterocycles. The summed E-state index contributed by atoms with van der Waals surface area (Å²) >= 11 is 0. The SMILES string of the molecule is C1CNCCN1.Fc1ccccc1-c1nc2ccc(-n3cccn3)nc2n1-c1ccc2c(c1)OCC2. The van der Waals surface area contributed by atoms with Gasteiger partial charge in [-0.2, -0.15) is 5.10 Å². The van der Waals surface area contributed by atoms with E-state index in [-0.39, 0.29) is 5.82 Å². The fourth-order valence-corrected chi connectivity index (χ4v) is 4.44. The Kier molecular flexibility index (Phi) is 6.15. The molecule has 0 aliphatic carbocycles. The highest BCUT2D eigenvalue weighted by atomic mass is 19.1. The number of hydrogen-bond acceptors (Lipinski definition) is 6. The molecule has 2 aliphatic rings. The second kappa shape index (κ2) is 9.88. The molecule has 1 fully saturated rings. The van der Waals surface area contributed by atoms with Gasteiger partial charge in [-0.1, -0.05) is 18.2 Å². The van der Waals surface area contributed by atoms with Crippen LogP contribution in [0.15, 0.2) is 73.1 Å². The molecular weight excluding hydrogens is 457 g/mol. The lowest BCUT2D eigenvalue weighted by Crippen LogP contribution is -2.39. The van der Waals surface area contributed by atoms with Crippen LogP contribution in [0.25, 0.3) is 34.1 Å². The van der Waals surface area contributed by atoms with Gasteiger partial charge in [0.2, 0.25) is 0 Å². The second-order valence-corrected chi connectivity index (χ2v) is 8.60. The number of aromatic nitrogens is 5.